The first-order chi connectivity index (χ1) is 7.22. The smallest absolute Gasteiger partial charge is 0.0866 e. The van der Waals surface area contributed by atoms with E-state index in [1.807, 2.05) is 30.3 Å². The van der Waals surface area contributed by atoms with Crippen LogP contribution in [-0.4, -0.2) is 4.98 Å². The standard InChI is InChI=1S/C13H12N2/c1-3-10-8-13(9(2)14)15-12-7-5-4-6-11(10)12/h3-8H,1-2,14H2. The molecular weight excluding hydrogens is 184 g/mol. The predicted octanol–water partition coefficient (Wildman–Crippen LogP) is 2.81. The summed E-state index contributed by atoms with van der Waals surface area (Å²) in [6, 6.07) is 9.80. The van der Waals surface area contributed by atoms with Gasteiger partial charge in [0.05, 0.1) is 16.9 Å². The molecule has 2 N–H and O–H groups in total. The Balaban J connectivity index is 2.82. The maximum atomic E-state index is 5.64. The monoisotopic (exact) mass is 196 g/mol. The highest BCUT2D eigenvalue weighted by atomic mass is 14.7. The number of hydrogen-bond donors (Lipinski definition) is 1. The van der Waals surface area contributed by atoms with Gasteiger partial charge in [0.2, 0.25) is 0 Å². The van der Waals surface area contributed by atoms with Gasteiger partial charge in [-0.25, -0.2) is 4.98 Å². The molecule has 15 heavy (non-hydrogen) atoms. The predicted molar refractivity (Wildman–Crippen MR) is 65.1 cm³/mol. The van der Waals surface area contributed by atoms with Crippen LogP contribution in [0.2, 0.25) is 0 Å². The number of nitrogens with zero attached hydrogens (tertiary/aromatic N) is 1. The van der Waals surface area contributed by atoms with Gasteiger partial charge < -0.3 is 5.73 Å². The van der Waals surface area contributed by atoms with Gasteiger partial charge in [0.25, 0.3) is 0 Å². The molecule has 0 atom stereocenters. The summed E-state index contributed by atoms with van der Waals surface area (Å²) in [7, 11) is 0. The van der Waals surface area contributed by atoms with Gasteiger partial charge in [-0.05, 0) is 17.7 Å². The summed E-state index contributed by atoms with van der Waals surface area (Å²) in [6.45, 7) is 7.47. The van der Waals surface area contributed by atoms with Gasteiger partial charge in [-0.2, -0.15) is 0 Å². The molecule has 2 nitrogen and oxygen atoms in total. The number of aromatic nitrogens is 1. The highest BCUT2D eigenvalue weighted by Gasteiger charge is 2.03. The molecule has 0 aliphatic carbocycles. The fraction of sp³-hybridized carbons (Fsp3) is 0. The van der Waals surface area contributed by atoms with Crippen molar-refractivity contribution in [2.75, 3.05) is 0 Å². The highest BCUT2D eigenvalue weighted by molar-refractivity contribution is 5.89. The molecule has 0 aliphatic rings. The van der Waals surface area contributed by atoms with Gasteiger partial charge in [-0.1, -0.05) is 37.4 Å². The van der Waals surface area contributed by atoms with Gasteiger partial charge in [0.1, 0.15) is 0 Å². The van der Waals surface area contributed by atoms with Gasteiger partial charge in [0.15, 0.2) is 0 Å². The lowest BCUT2D eigenvalue weighted by Crippen LogP contribution is -1.98. The van der Waals surface area contributed by atoms with Crippen LogP contribution in [0.4, 0.5) is 0 Å². The Bertz CT molecular complexity index is 541. The molecule has 1 aromatic heterocycles. The third kappa shape index (κ3) is 1.62. The second-order valence-electron chi connectivity index (χ2n) is 3.34. The van der Waals surface area contributed by atoms with Crippen LogP contribution in [0.15, 0.2) is 43.5 Å². The third-order valence-corrected chi connectivity index (χ3v) is 2.30. The Morgan fingerprint density at radius 3 is 2.73 bits per heavy atom. The zero-order valence-corrected chi connectivity index (χ0v) is 8.40. The number of hydrogen-bond acceptors (Lipinski definition) is 2. The van der Waals surface area contributed by atoms with Crippen molar-refractivity contribution in [2.45, 2.75) is 0 Å². The van der Waals surface area contributed by atoms with Crippen molar-refractivity contribution in [1.29, 1.82) is 0 Å². The first-order valence-corrected chi connectivity index (χ1v) is 4.69. The largest absolute Gasteiger partial charge is 0.397 e. The fourth-order valence-electron chi connectivity index (χ4n) is 1.54. The molecule has 0 saturated heterocycles. The van der Waals surface area contributed by atoms with Crippen LogP contribution in [0.1, 0.15) is 11.3 Å². The summed E-state index contributed by atoms with van der Waals surface area (Å²) in [5.74, 6) is 0. The maximum absolute atomic E-state index is 5.64. The lowest BCUT2D eigenvalue weighted by molar-refractivity contribution is 1.32. The van der Waals surface area contributed by atoms with Crippen molar-refractivity contribution in [3.8, 4) is 0 Å². The molecular formula is C13H12N2. The molecule has 0 unspecified atom stereocenters. The van der Waals surface area contributed by atoms with Gasteiger partial charge in [0, 0.05) is 5.39 Å². The molecule has 0 spiro atoms. The fourth-order valence-corrected chi connectivity index (χ4v) is 1.54. The highest BCUT2D eigenvalue weighted by Crippen LogP contribution is 2.20. The van der Waals surface area contributed by atoms with Crippen molar-refractivity contribution >= 4 is 22.7 Å². The zero-order chi connectivity index (χ0) is 10.8. The van der Waals surface area contributed by atoms with E-state index in [2.05, 4.69) is 18.1 Å². The maximum Gasteiger partial charge on any atom is 0.0866 e. The Labute approximate surface area is 88.8 Å². The van der Waals surface area contributed by atoms with E-state index in [0.29, 0.717) is 11.4 Å². The number of pyridine rings is 1. The first-order valence-electron chi connectivity index (χ1n) is 4.69. The number of benzene rings is 1. The minimum Gasteiger partial charge on any atom is -0.397 e. The van der Waals surface area contributed by atoms with E-state index in [4.69, 9.17) is 5.73 Å². The lowest BCUT2D eigenvalue weighted by atomic mass is 10.1. The van der Waals surface area contributed by atoms with E-state index in [-0.39, 0.29) is 0 Å². The second kappa shape index (κ2) is 3.58. The molecule has 0 bridgehead atoms. The van der Waals surface area contributed by atoms with Crippen molar-refractivity contribution in [3.63, 3.8) is 0 Å². The number of para-hydroxylation sites is 1. The topological polar surface area (TPSA) is 38.9 Å². The lowest BCUT2D eigenvalue weighted by Gasteiger charge is -2.05. The summed E-state index contributed by atoms with van der Waals surface area (Å²) >= 11 is 0. The first kappa shape index (κ1) is 9.46. The van der Waals surface area contributed by atoms with Crippen LogP contribution in [0, 0.1) is 0 Å². The Morgan fingerprint density at radius 2 is 2.07 bits per heavy atom. The molecule has 2 rings (SSSR count). The van der Waals surface area contributed by atoms with Crippen molar-refractivity contribution in [3.05, 3.63) is 54.7 Å². The normalized spacial score (nSPS) is 10.1. The van der Waals surface area contributed by atoms with E-state index in [9.17, 15) is 0 Å². The molecule has 0 amide bonds. The average Bonchev–Trinajstić information content (AvgIpc) is 2.27. The quantitative estimate of drug-likeness (QED) is 0.802. The van der Waals surface area contributed by atoms with Crippen LogP contribution in [0.3, 0.4) is 0 Å². The Hall–Kier alpha value is -2.09. The van der Waals surface area contributed by atoms with E-state index in [0.717, 1.165) is 16.5 Å². The molecule has 74 valence electrons. The molecule has 1 heterocycles. The van der Waals surface area contributed by atoms with Gasteiger partial charge >= 0.3 is 0 Å². The molecule has 0 fully saturated rings. The summed E-state index contributed by atoms with van der Waals surface area (Å²) in [5.41, 5.74) is 8.77. The van der Waals surface area contributed by atoms with Crippen LogP contribution >= 0.6 is 0 Å². The molecule has 0 radical (unpaired) electrons. The van der Waals surface area contributed by atoms with Crippen LogP contribution in [0.5, 0.6) is 0 Å². The molecule has 0 aliphatic heterocycles. The zero-order valence-electron chi connectivity index (χ0n) is 8.40. The third-order valence-electron chi connectivity index (χ3n) is 2.30. The minimum absolute atomic E-state index is 0.476. The summed E-state index contributed by atoms with van der Waals surface area (Å²) in [5, 5.41) is 1.08. The number of rotatable bonds is 2. The number of fused-ring (bicyclic) bond motifs is 1. The van der Waals surface area contributed by atoms with E-state index in [1.165, 1.54) is 0 Å². The average molecular weight is 196 g/mol. The van der Waals surface area contributed by atoms with Crippen LogP contribution in [0.25, 0.3) is 22.7 Å². The van der Waals surface area contributed by atoms with Crippen LogP contribution < -0.4 is 5.73 Å². The summed E-state index contributed by atoms with van der Waals surface area (Å²) in [6.07, 6.45) is 1.80. The molecule has 1 aromatic carbocycles. The molecule has 0 saturated carbocycles. The molecule has 2 heteroatoms. The minimum atomic E-state index is 0.476. The van der Waals surface area contributed by atoms with Crippen LogP contribution in [-0.2, 0) is 0 Å². The van der Waals surface area contributed by atoms with E-state index >= 15 is 0 Å². The molecule has 2 aromatic rings. The van der Waals surface area contributed by atoms with Crippen molar-refractivity contribution in [2.24, 2.45) is 5.73 Å². The summed E-state index contributed by atoms with van der Waals surface area (Å²) < 4.78 is 0. The Morgan fingerprint density at radius 1 is 1.33 bits per heavy atom. The van der Waals surface area contributed by atoms with Gasteiger partial charge in [-0.3, -0.25) is 0 Å². The van der Waals surface area contributed by atoms with Crippen molar-refractivity contribution in [1.82, 2.24) is 4.98 Å². The van der Waals surface area contributed by atoms with Gasteiger partial charge in [-0.15, -0.1) is 0 Å². The van der Waals surface area contributed by atoms with E-state index < -0.39 is 0 Å². The Kier molecular flexibility index (Phi) is 2.26. The number of nitrogens with two attached hydrogens (primary N) is 1. The summed E-state index contributed by atoms with van der Waals surface area (Å²) in [4.78, 5) is 4.41. The SMILES string of the molecule is C=Cc1cc(C(=C)N)nc2ccccc12. The van der Waals surface area contributed by atoms with E-state index in [1.54, 1.807) is 6.08 Å². The van der Waals surface area contributed by atoms with Crippen molar-refractivity contribution < 1.29 is 0 Å². The second-order valence-corrected chi connectivity index (χ2v) is 3.34.